The number of rotatable bonds is 4. The van der Waals surface area contributed by atoms with Crippen LogP contribution in [0, 0.1) is 13.8 Å². The molecule has 7 heteroatoms. The number of benzene rings is 2. The Kier molecular flexibility index (Phi) is 4.58. The molecule has 0 saturated carbocycles. The molecule has 0 aliphatic rings. The minimum absolute atomic E-state index is 0.0500. The van der Waals surface area contributed by atoms with Gasteiger partial charge in [0.1, 0.15) is 16.2 Å². The largest absolute Gasteiger partial charge is 0.496 e. The summed E-state index contributed by atoms with van der Waals surface area (Å²) >= 11 is 6.14. The van der Waals surface area contributed by atoms with E-state index in [0.717, 1.165) is 5.56 Å². The average Bonchev–Trinajstić information content (AvgIpc) is 2.57. The van der Waals surface area contributed by atoms with Crippen LogP contribution in [-0.4, -0.2) is 20.5 Å². The van der Waals surface area contributed by atoms with Gasteiger partial charge in [0.15, 0.2) is 5.75 Å². The van der Waals surface area contributed by atoms with Crippen LogP contribution in [0.1, 0.15) is 11.1 Å². The molecule has 0 spiro atoms. The van der Waals surface area contributed by atoms with Gasteiger partial charge in [-0.2, -0.15) is 8.42 Å². The topological polar surface area (TPSA) is 65.5 Å². The van der Waals surface area contributed by atoms with Crippen molar-refractivity contribution >= 4 is 32.6 Å². The first-order valence-corrected chi connectivity index (χ1v) is 9.25. The fourth-order valence-electron chi connectivity index (χ4n) is 2.65. The van der Waals surface area contributed by atoms with Crippen molar-refractivity contribution in [3.05, 3.63) is 58.7 Å². The van der Waals surface area contributed by atoms with Crippen molar-refractivity contribution < 1.29 is 17.3 Å². The first-order chi connectivity index (χ1) is 11.8. The average molecular weight is 378 g/mol. The minimum atomic E-state index is -4.06. The van der Waals surface area contributed by atoms with Crippen LogP contribution in [0.15, 0.2) is 47.5 Å². The Bertz CT molecular complexity index is 1060. The van der Waals surface area contributed by atoms with Crippen molar-refractivity contribution in [1.29, 1.82) is 0 Å². The summed E-state index contributed by atoms with van der Waals surface area (Å²) in [5.74, 6) is 0.603. The molecule has 5 nitrogen and oxygen atoms in total. The van der Waals surface area contributed by atoms with Gasteiger partial charge in [-0.05, 0) is 49.2 Å². The number of pyridine rings is 1. The highest BCUT2D eigenvalue weighted by molar-refractivity contribution is 7.87. The molecule has 130 valence electrons. The smallest absolute Gasteiger partial charge is 0.339 e. The number of aromatic nitrogens is 1. The molecule has 1 aromatic heterocycles. The lowest BCUT2D eigenvalue weighted by molar-refractivity contribution is 0.409. The Balaban J connectivity index is 2.11. The summed E-state index contributed by atoms with van der Waals surface area (Å²) in [4.78, 5) is 4.24. The standard InChI is InChI=1S/C18H16ClNO4S/c1-11-9-12(2)17(10-16(11)23-3)25(21,22)24-15-7-6-14(19)13-5-4-8-20-18(13)15/h4-10H,1-3H3. The third-order valence-corrected chi connectivity index (χ3v) is 5.55. The lowest BCUT2D eigenvalue weighted by Gasteiger charge is -2.13. The van der Waals surface area contributed by atoms with Crippen LogP contribution in [0.25, 0.3) is 10.9 Å². The van der Waals surface area contributed by atoms with Crippen molar-refractivity contribution in [1.82, 2.24) is 4.98 Å². The summed E-state index contributed by atoms with van der Waals surface area (Å²) in [6.07, 6.45) is 1.55. The Morgan fingerprint density at radius 1 is 1.04 bits per heavy atom. The second-order valence-electron chi connectivity index (χ2n) is 5.57. The number of aryl methyl sites for hydroxylation is 2. The number of methoxy groups -OCH3 is 1. The minimum Gasteiger partial charge on any atom is -0.496 e. The van der Waals surface area contributed by atoms with Gasteiger partial charge >= 0.3 is 10.1 Å². The Hall–Kier alpha value is -2.31. The highest BCUT2D eigenvalue weighted by Crippen LogP contribution is 2.33. The zero-order valence-electron chi connectivity index (χ0n) is 13.9. The van der Waals surface area contributed by atoms with E-state index in [4.69, 9.17) is 20.5 Å². The van der Waals surface area contributed by atoms with Gasteiger partial charge in [-0.1, -0.05) is 17.7 Å². The lowest BCUT2D eigenvalue weighted by atomic mass is 10.1. The number of hydrogen-bond donors (Lipinski definition) is 0. The van der Waals surface area contributed by atoms with E-state index in [9.17, 15) is 8.42 Å². The van der Waals surface area contributed by atoms with Crippen LogP contribution >= 0.6 is 11.6 Å². The zero-order chi connectivity index (χ0) is 18.2. The number of nitrogens with zero attached hydrogens (tertiary/aromatic N) is 1. The molecular weight excluding hydrogens is 362 g/mol. The second kappa shape index (κ2) is 6.54. The summed E-state index contributed by atoms with van der Waals surface area (Å²) in [6.45, 7) is 3.56. The molecule has 25 heavy (non-hydrogen) atoms. The summed E-state index contributed by atoms with van der Waals surface area (Å²) in [5, 5.41) is 1.09. The van der Waals surface area contributed by atoms with Gasteiger partial charge in [0, 0.05) is 17.6 Å². The van der Waals surface area contributed by atoms with Crippen LogP contribution in [0.3, 0.4) is 0 Å². The molecule has 1 heterocycles. The molecular formula is C18H16ClNO4S. The molecule has 0 aliphatic heterocycles. The molecule has 0 radical (unpaired) electrons. The summed E-state index contributed by atoms with van der Waals surface area (Å²) in [5.41, 5.74) is 1.80. The van der Waals surface area contributed by atoms with Crippen LogP contribution in [0.4, 0.5) is 0 Å². The predicted molar refractivity (Wildman–Crippen MR) is 97.0 cm³/mol. The highest BCUT2D eigenvalue weighted by Gasteiger charge is 2.23. The van der Waals surface area contributed by atoms with Gasteiger partial charge in [-0.15, -0.1) is 0 Å². The van der Waals surface area contributed by atoms with Gasteiger partial charge in [0.2, 0.25) is 0 Å². The van der Waals surface area contributed by atoms with E-state index in [-0.39, 0.29) is 10.6 Å². The summed E-state index contributed by atoms with van der Waals surface area (Å²) < 4.78 is 36.2. The van der Waals surface area contributed by atoms with Crippen LogP contribution in [0.5, 0.6) is 11.5 Å². The van der Waals surface area contributed by atoms with Crippen molar-refractivity contribution in [2.45, 2.75) is 18.7 Å². The molecule has 3 aromatic rings. The first-order valence-electron chi connectivity index (χ1n) is 7.46. The predicted octanol–water partition coefficient (Wildman–Crippen LogP) is 4.28. The number of ether oxygens (including phenoxy) is 1. The molecule has 0 bridgehead atoms. The number of hydrogen-bond acceptors (Lipinski definition) is 5. The van der Waals surface area contributed by atoms with E-state index in [1.807, 2.05) is 6.92 Å². The van der Waals surface area contributed by atoms with E-state index in [1.54, 1.807) is 37.4 Å². The quantitative estimate of drug-likeness (QED) is 0.635. The van der Waals surface area contributed by atoms with Gasteiger partial charge in [-0.3, -0.25) is 4.98 Å². The molecule has 0 saturated heterocycles. The molecule has 0 fully saturated rings. The monoisotopic (exact) mass is 377 g/mol. The third kappa shape index (κ3) is 3.27. The van der Waals surface area contributed by atoms with Crippen LogP contribution in [0.2, 0.25) is 5.02 Å². The lowest BCUT2D eigenvalue weighted by Crippen LogP contribution is -2.12. The summed E-state index contributed by atoms with van der Waals surface area (Å²) in [6, 6.07) is 9.76. The van der Waals surface area contributed by atoms with Gasteiger partial charge in [0.05, 0.1) is 12.1 Å². The van der Waals surface area contributed by atoms with Gasteiger partial charge in [0.25, 0.3) is 0 Å². The third-order valence-electron chi connectivity index (χ3n) is 3.84. The SMILES string of the molecule is COc1cc(S(=O)(=O)Oc2ccc(Cl)c3cccnc23)c(C)cc1C. The van der Waals surface area contributed by atoms with E-state index in [0.29, 0.717) is 27.2 Å². The maximum atomic E-state index is 12.8. The molecule has 0 amide bonds. The second-order valence-corrected chi connectivity index (χ2v) is 7.49. The Labute approximate surface area is 151 Å². The van der Waals surface area contributed by atoms with Gasteiger partial charge < -0.3 is 8.92 Å². The molecule has 0 atom stereocenters. The first kappa shape index (κ1) is 17.5. The van der Waals surface area contributed by atoms with Crippen molar-refractivity contribution in [3.63, 3.8) is 0 Å². The maximum Gasteiger partial charge on any atom is 0.339 e. The molecule has 0 N–H and O–H groups in total. The normalized spacial score (nSPS) is 11.5. The fourth-order valence-corrected chi connectivity index (χ4v) is 4.03. The van der Waals surface area contributed by atoms with E-state index in [2.05, 4.69) is 4.98 Å². The molecule has 3 rings (SSSR count). The van der Waals surface area contributed by atoms with Crippen molar-refractivity contribution in [2.24, 2.45) is 0 Å². The van der Waals surface area contributed by atoms with E-state index < -0.39 is 10.1 Å². The Morgan fingerprint density at radius 3 is 2.52 bits per heavy atom. The molecule has 0 aliphatic carbocycles. The van der Waals surface area contributed by atoms with E-state index >= 15 is 0 Å². The fraction of sp³-hybridized carbons (Fsp3) is 0.167. The number of fused-ring (bicyclic) bond motifs is 1. The van der Waals surface area contributed by atoms with Crippen LogP contribution < -0.4 is 8.92 Å². The van der Waals surface area contributed by atoms with Gasteiger partial charge in [-0.25, -0.2) is 0 Å². The van der Waals surface area contributed by atoms with E-state index in [1.165, 1.54) is 19.2 Å². The van der Waals surface area contributed by atoms with Crippen molar-refractivity contribution in [2.75, 3.05) is 7.11 Å². The van der Waals surface area contributed by atoms with Crippen LogP contribution in [-0.2, 0) is 10.1 Å². The van der Waals surface area contributed by atoms with Crippen molar-refractivity contribution in [3.8, 4) is 11.5 Å². The molecule has 0 unspecified atom stereocenters. The Morgan fingerprint density at radius 2 is 1.80 bits per heavy atom. The summed E-state index contributed by atoms with van der Waals surface area (Å²) in [7, 11) is -2.57. The number of halogens is 1. The zero-order valence-corrected chi connectivity index (χ0v) is 15.5. The molecule has 2 aromatic carbocycles. The highest BCUT2D eigenvalue weighted by atomic mass is 35.5. The maximum absolute atomic E-state index is 12.8.